The van der Waals surface area contributed by atoms with Gasteiger partial charge < -0.3 is 14.8 Å². The molecule has 0 radical (unpaired) electrons. The van der Waals surface area contributed by atoms with Gasteiger partial charge in [0.2, 0.25) is 3.79 Å². The van der Waals surface area contributed by atoms with E-state index in [-0.39, 0.29) is 6.42 Å². The molecule has 0 heterocycles. The summed E-state index contributed by atoms with van der Waals surface area (Å²) in [5.74, 6) is -1.46. The summed E-state index contributed by atoms with van der Waals surface area (Å²) in [6, 6.07) is 12.1. The zero-order chi connectivity index (χ0) is 20.7. The van der Waals surface area contributed by atoms with Gasteiger partial charge in [0.15, 0.2) is 6.61 Å². The number of anilines is 2. The van der Waals surface area contributed by atoms with Crippen LogP contribution in [0.1, 0.15) is 5.56 Å². The molecule has 10 heteroatoms. The highest BCUT2D eigenvalue weighted by atomic mass is 35.6. The van der Waals surface area contributed by atoms with Crippen LogP contribution < -0.4 is 5.32 Å². The molecule has 0 aromatic heterocycles. The molecule has 0 unspecified atom stereocenters. The van der Waals surface area contributed by atoms with Crippen LogP contribution in [-0.4, -0.2) is 28.9 Å². The number of benzene rings is 2. The van der Waals surface area contributed by atoms with E-state index in [4.69, 9.17) is 62.7 Å². The van der Waals surface area contributed by atoms with E-state index in [1.165, 1.54) is 0 Å². The highest BCUT2D eigenvalue weighted by molar-refractivity contribution is 6.67. The minimum absolute atomic E-state index is 0.0943. The Labute approximate surface area is 186 Å². The molecular weight excluding hydrogens is 471 g/mol. The Kier molecular flexibility index (Phi) is 8.53. The second kappa shape index (κ2) is 10.4. The van der Waals surface area contributed by atoms with Crippen molar-refractivity contribution in [2.45, 2.75) is 10.2 Å². The SMILES string of the molecule is O=C(COC(=O)Cc1ccccc1Nc1c(Cl)cccc1Cl)OCC(Cl)(Cl)Cl. The molecule has 0 bridgehead atoms. The second-order valence-electron chi connectivity index (χ2n) is 5.49. The summed E-state index contributed by atoms with van der Waals surface area (Å²) in [5.41, 5.74) is 1.76. The van der Waals surface area contributed by atoms with E-state index in [0.29, 0.717) is 27.0 Å². The van der Waals surface area contributed by atoms with Gasteiger partial charge >= 0.3 is 11.9 Å². The van der Waals surface area contributed by atoms with Crippen LogP contribution in [0.3, 0.4) is 0 Å². The van der Waals surface area contributed by atoms with Gasteiger partial charge in [0, 0.05) is 5.69 Å². The molecule has 0 atom stereocenters. The highest BCUT2D eigenvalue weighted by Gasteiger charge is 2.22. The van der Waals surface area contributed by atoms with Gasteiger partial charge in [-0.3, -0.25) is 4.79 Å². The standard InChI is InChI=1S/C18H14Cl5NO4/c19-12-5-3-6-13(20)17(12)24-14-7-2-1-4-11(14)8-15(25)27-9-16(26)28-10-18(21,22)23/h1-7,24H,8-10H2. The van der Waals surface area contributed by atoms with E-state index in [9.17, 15) is 9.59 Å². The maximum atomic E-state index is 12.1. The highest BCUT2D eigenvalue weighted by Crippen LogP contribution is 2.33. The Bertz CT molecular complexity index is 834. The van der Waals surface area contributed by atoms with Crippen LogP contribution in [0, 0.1) is 0 Å². The molecular formula is C18H14Cl5NO4. The van der Waals surface area contributed by atoms with E-state index in [1.807, 2.05) is 0 Å². The summed E-state index contributed by atoms with van der Waals surface area (Å²) < 4.78 is 7.85. The zero-order valence-electron chi connectivity index (χ0n) is 14.2. The van der Waals surface area contributed by atoms with Crippen molar-refractivity contribution in [3.8, 4) is 0 Å². The first-order chi connectivity index (χ1) is 13.2. The quantitative estimate of drug-likeness (QED) is 0.400. The number of hydrogen-bond acceptors (Lipinski definition) is 5. The van der Waals surface area contributed by atoms with E-state index in [2.05, 4.69) is 10.1 Å². The van der Waals surface area contributed by atoms with Crippen LogP contribution in [0.15, 0.2) is 42.5 Å². The third kappa shape index (κ3) is 7.57. The largest absolute Gasteiger partial charge is 0.459 e. The van der Waals surface area contributed by atoms with Gasteiger partial charge in [-0.05, 0) is 23.8 Å². The number of carbonyl (C=O) groups excluding carboxylic acids is 2. The van der Waals surface area contributed by atoms with Crippen molar-refractivity contribution in [1.82, 2.24) is 0 Å². The third-order valence-corrected chi connectivity index (χ3v) is 4.28. The van der Waals surface area contributed by atoms with Crippen molar-refractivity contribution >= 4 is 81.3 Å². The third-order valence-electron chi connectivity index (χ3n) is 3.32. The number of rotatable bonds is 7. The lowest BCUT2D eigenvalue weighted by molar-refractivity contribution is -0.158. The summed E-state index contributed by atoms with van der Waals surface area (Å²) in [7, 11) is 0. The Morgan fingerprint density at radius 3 is 2.18 bits per heavy atom. The molecule has 2 rings (SSSR count). The van der Waals surface area contributed by atoms with Crippen LogP contribution in [-0.2, 0) is 25.5 Å². The number of hydrogen-bond donors (Lipinski definition) is 1. The minimum Gasteiger partial charge on any atom is -0.459 e. The van der Waals surface area contributed by atoms with Crippen LogP contribution in [0.4, 0.5) is 11.4 Å². The van der Waals surface area contributed by atoms with Gasteiger partial charge in [-0.25, -0.2) is 4.79 Å². The fourth-order valence-electron chi connectivity index (χ4n) is 2.10. The lowest BCUT2D eigenvalue weighted by atomic mass is 10.1. The van der Waals surface area contributed by atoms with Crippen LogP contribution >= 0.6 is 58.0 Å². The summed E-state index contributed by atoms with van der Waals surface area (Å²) in [6.45, 7) is -1.04. The van der Waals surface area contributed by atoms with Crippen LogP contribution in [0.2, 0.25) is 10.0 Å². The topological polar surface area (TPSA) is 64.6 Å². The van der Waals surface area contributed by atoms with Gasteiger partial charge in [0.1, 0.15) is 6.61 Å². The van der Waals surface area contributed by atoms with Crippen LogP contribution in [0.25, 0.3) is 0 Å². The number of halogens is 5. The zero-order valence-corrected chi connectivity index (χ0v) is 18.0. The number of para-hydroxylation sites is 2. The monoisotopic (exact) mass is 483 g/mol. The molecule has 0 saturated carbocycles. The van der Waals surface area contributed by atoms with Crippen molar-refractivity contribution in [3.05, 3.63) is 58.1 Å². The number of ether oxygens (including phenoxy) is 2. The molecule has 2 aromatic rings. The average molecular weight is 486 g/mol. The first kappa shape index (κ1) is 22.9. The summed E-state index contributed by atoms with van der Waals surface area (Å²) in [4.78, 5) is 23.6. The fourth-order valence-corrected chi connectivity index (χ4v) is 2.75. The molecule has 0 aliphatic carbocycles. The summed E-state index contributed by atoms with van der Waals surface area (Å²) in [6.07, 6.45) is -0.0943. The average Bonchev–Trinajstić information content (AvgIpc) is 2.62. The molecule has 0 aliphatic heterocycles. The molecule has 2 aromatic carbocycles. The fraction of sp³-hybridized carbons (Fsp3) is 0.222. The van der Waals surface area contributed by atoms with Gasteiger partial charge in [-0.1, -0.05) is 82.3 Å². The number of carbonyl (C=O) groups is 2. The molecule has 28 heavy (non-hydrogen) atoms. The number of esters is 2. The van der Waals surface area contributed by atoms with E-state index in [1.54, 1.807) is 42.5 Å². The van der Waals surface area contributed by atoms with Crippen molar-refractivity contribution in [2.24, 2.45) is 0 Å². The summed E-state index contributed by atoms with van der Waals surface area (Å²) in [5, 5.41) is 3.97. The molecule has 0 amide bonds. The minimum atomic E-state index is -1.73. The molecule has 1 N–H and O–H groups in total. The predicted octanol–water partition coefficient (Wildman–Crippen LogP) is 5.74. The predicted molar refractivity (Wildman–Crippen MR) is 112 cm³/mol. The van der Waals surface area contributed by atoms with E-state index in [0.717, 1.165) is 0 Å². The normalized spacial score (nSPS) is 11.0. The molecule has 0 aliphatic rings. The maximum Gasteiger partial charge on any atom is 0.344 e. The first-order valence-electron chi connectivity index (χ1n) is 7.82. The van der Waals surface area contributed by atoms with Crippen LogP contribution in [0.5, 0.6) is 0 Å². The number of alkyl halides is 3. The Morgan fingerprint density at radius 1 is 0.893 bits per heavy atom. The number of nitrogens with one attached hydrogen (secondary N) is 1. The molecule has 0 spiro atoms. The Hall–Kier alpha value is -1.37. The van der Waals surface area contributed by atoms with Crippen molar-refractivity contribution < 1.29 is 19.1 Å². The second-order valence-corrected chi connectivity index (χ2v) is 8.82. The van der Waals surface area contributed by atoms with Crippen molar-refractivity contribution in [3.63, 3.8) is 0 Å². The van der Waals surface area contributed by atoms with E-state index < -0.39 is 28.9 Å². The lowest BCUT2D eigenvalue weighted by Gasteiger charge is -2.14. The van der Waals surface area contributed by atoms with Gasteiger partial charge in [-0.2, -0.15) is 0 Å². The van der Waals surface area contributed by atoms with Gasteiger partial charge in [0.05, 0.1) is 22.2 Å². The van der Waals surface area contributed by atoms with Gasteiger partial charge in [0.25, 0.3) is 0 Å². The molecule has 0 fully saturated rings. The molecule has 5 nitrogen and oxygen atoms in total. The first-order valence-corrected chi connectivity index (χ1v) is 9.71. The molecule has 150 valence electrons. The molecule has 0 saturated heterocycles. The lowest BCUT2D eigenvalue weighted by Crippen LogP contribution is -2.22. The van der Waals surface area contributed by atoms with Crippen molar-refractivity contribution in [1.29, 1.82) is 0 Å². The summed E-state index contributed by atoms with van der Waals surface area (Å²) >= 11 is 28.8. The smallest absolute Gasteiger partial charge is 0.344 e. The Balaban J connectivity index is 1.97. The van der Waals surface area contributed by atoms with Crippen molar-refractivity contribution in [2.75, 3.05) is 18.5 Å². The Morgan fingerprint density at radius 2 is 1.54 bits per heavy atom. The van der Waals surface area contributed by atoms with E-state index >= 15 is 0 Å². The van der Waals surface area contributed by atoms with Gasteiger partial charge in [-0.15, -0.1) is 0 Å². The maximum absolute atomic E-state index is 12.1.